The van der Waals surface area contributed by atoms with E-state index in [0.29, 0.717) is 11.8 Å². The third-order valence-corrected chi connectivity index (χ3v) is 3.54. The van der Waals surface area contributed by atoms with Crippen LogP contribution in [0.25, 0.3) is 11.1 Å². The molecule has 0 saturated heterocycles. The summed E-state index contributed by atoms with van der Waals surface area (Å²) in [6.45, 7) is 6.84. The lowest BCUT2D eigenvalue weighted by Crippen LogP contribution is -2.01. The summed E-state index contributed by atoms with van der Waals surface area (Å²) < 4.78 is 0. The molecule has 0 aliphatic carbocycles. The van der Waals surface area contributed by atoms with Gasteiger partial charge in [0.1, 0.15) is 0 Å². The molecule has 0 spiro atoms. The van der Waals surface area contributed by atoms with Crippen LogP contribution in [0.4, 0.5) is 0 Å². The molecule has 2 aromatic rings. The molecule has 0 N–H and O–H groups in total. The van der Waals surface area contributed by atoms with Gasteiger partial charge in [-0.3, -0.25) is 0 Å². The fraction of sp³-hybridized carbons (Fsp3) is 0.294. The molecule has 0 fully saturated rings. The Morgan fingerprint density at radius 2 is 1.18 bits per heavy atom. The summed E-state index contributed by atoms with van der Waals surface area (Å²) in [5.41, 5.74) is 4.02. The molecule has 0 amide bonds. The quantitative estimate of drug-likeness (QED) is 0.679. The first-order valence-electron chi connectivity index (χ1n) is 6.34. The van der Waals surface area contributed by atoms with Gasteiger partial charge in [-0.15, -0.1) is 0 Å². The van der Waals surface area contributed by atoms with Gasteiger partial charge in [0.25, 0.3) is 0 Å². The van der Waals surface area contributed by atoms with Gasteiger partial charge in [0.15, 0.2) is 0 Å². The maximum atomic E-state index is 2.29. The van der Waals surface area contributed by atoms with E-state index < -0.39 is 0 Å². The zero-order valence-corrected chi connectivity index (χ0v) is 10.9. The van der Waals surface area contributed by atoms with E-state index in [4.69, 9.17) is 0 Å². The molecule has 2 rings (SSSR count). The lowest BCUT2D eigenvalue weighted by Gasteiger charge is -2.16. The molecule has 0 heteroatoms. The minimum Gasteiger partial charge on any atom is -0.0622 e. The monoisotopic (exact) mass is 224 g/mol. The maximum absolute atomic E-state index is 2.29. The van der Waals surface area contributed by atoms with E-state index in [2.05, 4.69) is 75.4 Å². The van der Waals surface area contributed by atoms with Crippen molar-refractivity contribution in [1.82, 2.24) is 0 Å². The lowest BCUT2D eigenvalue weighted by molar-refractivity contribution is 0.535. The topological polar surface area (TPSA) is 0 Å². The van der Waals surface area contributed by atoms with E-state index in [1.807, 2.05) is 0 Å². The van der Waals surface area contributed by atoms with E-state index >= 15 is 0 Å². The van der Waals surface area contributed by atoms with Crippen molar-refractivity contribution in [2.24, 2.45) is 5.92 Å². The average Bonchev–Trinajstić information content (AvgIpc) is 2.39. The highest BCUT2D eigenvalue weighted by atomic mass is 14.1. The smallest absolute Gasteiger partial charge is 0.0167 e. The second-order valence-electron chi connectivity index (χ2n) is 5.02. The van der Waals surface area contributed by atoms with Crippen LogP contribution < -0.4 is 0 Å². The first-order valence-corrected chi connectivity index (χ1v) is 6.34. The summed E-state index contributed by atoms with van der Waals surface area (Å²) in [5.74, 6) is 1.32. The van der Waals surface area contributed by atoms with Gasteiger partial charge >= 0.3 is 0 Å². The van der Waals surface area contributed by atoms with Crippen molar-refractivity contribution in [2.45, 2.75) is 26.7 Å². The Morgan fingerprint density at radius 1 is 0.647 bits per heavy atom. The molecule has 0 aromatic heterocycles. The minimum absolute atomic E-state index is 0.625. The number of hydrogen-bond acceptors (Lipinski definition) is 0. The second kappa shape index (κ2) is 5.18. The zero-order chi connectivity index (χ0) is 12.3. The molecule has 1 atom stereocenters. The first-order chi connectivity index (χ1) is 8.18. The lowest BCUT2D eigenvalue weighted by atomic mass is 9.89. The van der Waals surface area contributed by atoms with Crippen molar-refractivity contribution in [3.05, 3.63) is 60.2 Å². The fourth-order valence-corrected chi connectivity index (χ4v) is 1.99. The highest BCUT2D eigenvalue weighted by Crippen LogP contribution is 2.26. The van der Waals surface area contributed by atoms with Gasteiger partial charge < -0.3 is 0 Å². The Balaban J connectivity index is 2.25. The predicted octanol–water partition coefficient (Wildman–Crippen LogP) is 5.11. The highest BCUT2D eigenvalue weighted by Gasteiger charge is 2.09. The van der Waals surface area contributed by atoms with Crippen LogP contribution in [0.15, 0.2) is 54.6 Å². The van der Waals surface area contributed by atoms with Gasteiger partial charge in [0.2, 0.25) is 0 Å². The number of hydrogen-bond donors (Lipinski definition) is 0. The van der Waals surface area contributed by atoms with E-state index in [1.54, 1.807) is 0 Å². The Bertz CT molecular complexity index is 451. The molecule has 17 heavy (non-hydrogen) atoms. The van der Waals surface area contributed by atoms with E-state index in [0.717, 1.165) is 0 Å². The van der Waals surface area contributed by atoms with Crippen molar-refractivity contribution in [1.29, 1.82) is 0 Å². The summed E-state index contributed by atoms with van der Waals surface area (Å²) in [6.07, 6.45) is 0. The Hall–Kier alpha value is -1.56. The summed E-state index contributed by atoms with van der Waals surface area (Å²) in [7, 11) is 0. The van der Waals surface area contributed by atoms with Crippen LogP contribution in [-0.4, -0.2) is 0 Å². The van der Waals surface area contributed by atoms with E-state index in [9.17, 15) is 0 Å². The molecule has 88 valence electrons. The average molecular weight is 224 g/mol. The molecule has 1 unspecified atom stereocenters. The van der Waals surface area contributed by atoms with Crippen molar-refractivity contribution < 1.29 is 0 Å². The van der Waals surface area contributed by atoms with Gasteiger partial charge in [-0.1, -0.05) is 75.4 Å². The van der Waals surface area contributed by atoms with Gasteiger partial charge in [0.05, 0.1) is 0 Å². The fourth-order valence-electron chi connectivity index (χ4n) is 1.99. The van der Waals surface area contributed by atoms with Crippen molar-refractivity contribution in [3.63, 3.8) is 0 Å². The van der Waals surface area contributed by atoms with Crippen LogP contribution in [0.1, 0.15) is 32.3 Å². The third kappa shape index (κ3) is 2.76. The predicted molar refractivity (Wildman–Crippen MR) is 75.1 cm³/mol. The molecule has 0 radical (unpaired) electrons. The first kappa shape index (κ1) is 11.9. The van der Waals surface area contributed by atoms with E-state index in [1.165, 1.54) is 16.7 Å². The summed E-state index contributed by atoms with van der Waals surface area (Å²) in [6, 6.07) is 19.5. The number of benzene rings is 2. The van der Waals surface area contributed by atoms with Crippen LogP contribution in [0.3, 0.4) is 0 Å². The normalized spacial score (nSPS) is 12.7. The van der Waals surface area contributed by atoms with Crippen LogP contribution in [0.5, 0.6) is 0 Å². The molecule has 0 saturated carbocycles. The van der Waals surface area contributed by atoms with Crippen molar-refractivity contribution in [2.75, 3.05) is 0 Å². The molecule has 0 nitrogen and oxygen atoms in total. The summed E-state index contributed by atoms with van der Waals surface area (Å²) in [4.78, 5) is 0. The Kier molecular flexibility index (Phi) is 3.63. The maximum Gasteiger partial charge on any atom is -0.0167 e. The largest absolute Gasteiger partial charge is 0.0622 e. The standard InChI is InChI=1S/C17H20/c1-13(2)14(3)15-9-11-17(12-10-15)16-7-5-4-6-8-16/h4-14H,1-3H3. The van der Waals surface area contributed by atoms with Crippen molar-refractivity contribution in [3.8, 4) is 11.1 Å². The van der Waals surface area contributed by atoms with Gasteiger partial charge in [-0.05, 0) is 28.5 Å². The summed E-state index contributed by atoms with van der Waals surface area (Å²) in [5, 5.41) is 0. The Morgan fingerprint density at radius 3 is 1.71 bits per heavy atom. The molecule has 0 aliphatic rings. The highest BCUT2D eigenvalue weighted by molar-refractivity contribution is 5.63. The van der Waals surface area contributed by atoms with Gasteiger partial charge in [-0.25, -0.2) is 0 Å². The SMILES string of the molecule is CC(C)C(C)c1ccc(-c2ccccc2)cc1. The minimum atomic E-state index is 0.625. The number of rotatable bonds is 3. The Labute approximate surface area is 104 Å². The van der Waals surface area contributed by atoms with Gasteiger partial charge in [-0.2, -0.15) is 0 Å². The molecule has 0 aliphatic heterocycles. The van der Waals surface area contributed by atoms with Crippen LogP contribution in [0, 0.1) is 5.92 Å². The van der Waals surface area contributed by atoms with Crippen LogP contribution in [0.2, 0.25) is 0 Å². The molecule has 0 heterocycles. The zero-order valence-electron chi connectivity index (χ0n) is 10.9. The second-order valence-corrected chi connectivity index (χ2v) is 5.02. The summed E-state index contributed by atoms with van der Waals surface area (Å²) >= 11 is 0. The van der Waals surface area contributed by atoms with E-state index in [-0.39, 0.29) is 0 Å². The van der Waals surface area contributed by atoms with Crippen LogP contribution >= 0.6 is 0 Å². The molecular formula is C17H20. The van der Waals surface area contributed by atoms with Crippen molar-refractivity contribution >= 4 is 0 Å². The van der Waals surface area contributed by atoms with Gasteiger partial charge in [0, 0.05) is 0 Å². The third-order valence-electron chi connectivity index (χ3n) is 3.54. The molecule has 0 bridgehead atoms. The molecule has 2 aromatic carbocycles. The van der Waals surface area contributed by atoms with Crippen LogP contribution in [-0.2, 0) is 0 Å². The molecular weight excluding hydrogens is 204 g/mol.